The van der Waals surface area contributed by atoms with Crippen LogP contribution < -0.4 is 11.1 Å². The van der Waals surface area contributed by atoms with Crippen molar-refractivity contribution in [2.45, 2.75) is 31.8 Å². The van der Waals surface area contributed by atoms with Crippen molar-refractivity contribution in [3.63, 3.8) is 0 Å². The van der Waals surface area contributed by atoms with E-state index in [1.54, 1.807) is 0 Å². The van der Waals surface area contributed by atoms with Gasteiger partial charge in [0.15, 0.2) is 5.84 Å². The van der Waals surface area contributed by atoms with E-state index < -0.39 is 0 Å². The van der Waals surface area contributed by atoms with Crippen LogP contribution in [0, 0.1) is 0 Å². The highest BCUT2D eigenvalue weighted by molar-refractivity contribution is 5.98. The van der Waals surface area contributed by atoms with Gasteiger partial charge >= 0.3 is 0 Å². The fourth-order valence-corrected chi connectivity index (χ4v) is 1.65. The van der Waals surface area contributed by atoms with E-state index in [1.807, 2.05) is 24.3 Å². The van der Waals surface area contributed by atoms with E-state index in [1.165, 1.54) is 12.8 Å². The van der Waals surface area contributed by atoms with Gasteiger partial charge in [-0.1, -0.05) is 29.4 Å². The van der Waals surface area contributed by atoms with Gasteiger partial charge in [-0.3, -0.25) is 0 Å². The van der Waals surface area contributed by atoms with Crippen LogP contribution in [0.4, 0.5) is 0 Å². The molecule has 1 aliphatic rings. The zero-order valence-corrected chi connectivity index (χ0v) is 9.40. The van der Waals surface area contributed by atoms with Gasteiger partial charge in [0.25, 0.3) is 0 Å². The van der Waals surface area contributed by atoms with E-state index >= 15 is 0 Å². The average Bonchev–Trinajstić information content (AvgIpc) is 3.05. The Bertz CT molecular complexity index is 410. The van der Waals surface area contributed by atoms with Crippen molar-refractivity contribution in [3.05, 3.63) is 35.4 Å². The van der Waals surface area contributed by atoms with Crippen LogP contribution in [0.5, 0.6) is 0 Å². The lowest BCUT2D eigenvalue weighted by Crippen LogP contribution is -2.28. The lowest BCUT2D eigenvalue weighted by molar-refractivity contribution is 0.318. The molecule has 1 aromatic rings. The highest BCUT2D eigenvalue weighted by atomic mass is 16.4. The number of benzene rings is 1. The quantitative estimate of drug-likeness (QED) is 0.310. The lowest BCUT2D eigenvalue weighted by atomic mass is 10.1. The molecule has 2 rings (SSSR count). The van der Waals surface area contributed by atoms with Crippen LogP contribution in [-0.2, 0) is 6.54 Å². The molecular formula is C12H17N3O. The van der Waals surface area contributed by atoms with E-state index in [4.69, 9.17) is 10.9 Å². The Morgan fingerprint density at radius 3 is 2.81 bits per heavy atom. The van der Waals surface area contributed by atoms with Gasteiger partial charge in [0, 0.05) is 17.6 Å². The molecule has 1 aliphatic carbocycles. The average molecular weight is 219 g/mol. The Morgan fingerprint density at radius 2 is 2.19 bits per heavy atom. The van der Waals surface area contributed by atoms with Crippen molar-refractivity contribution in [3.8, 4) is 0 Å². The van der Waals surface area contributed by atoms with Crippen molar-refractivity contribution in [1.29, 1.82) is 0 Å². The lowest BCUT2D eigenvalue weighted by Gasteiger charge is -2.13. The standard InChI is InChI=1S/C12H17N3O/c1-12(6-7-12)14-8-9-4-2-3-5-10(9)11(13)15-16/h2-5,14,16H,6-8H2,1H3,(H2,13,15). The molecule has 0 spiro atoms. The predicted molar refractivity (Wildman–Crippen MR) is 63.4 cm³/mol. The van der Waals surface area contributed by atoms with Crippen LogP contribution >= 0.6 is 0 Å². The summed E-state index contributed by atoms with van der Waals surface area (Å²) in [5.41, 5.74) is 7.77. The van der Waals surface area contributed by atoms with Crippen LogP contribution in [0.15, 0.2) is 29.4 Å². The van der Waals surface area contributed by atoms with Crippen LogP contribution in [0.3, 0.4) is 0 Å². The topological polar surface area (TPSA) is 70.6 Å². The molecule has 0 aromatic heterocycles. The second-order valence-corrected chi connectivity index (χ2v) is 4.56. The van der Waals surface area contributed by atoms with E-state index in [9.17, 15) is 0 Å². The van der Waals surface area contributed by atoms with Crippen molar-refractivity contribution in [2.75, 3.05) is 0 Å². The number of nitrogens with one attached hydrogen (secondary N) is 1. The minimum Gasteiger partial charge on any atom is -0.409 e. The van der Waals surface area contributed by atoms with Gasteiger partial charge in [-0.2, -0.15) is 0 Å². The third kappa shape index (κ3) is 2.33. The molecule has 1 aromatic carbocycles. The summed E-state index contributed by atoms with van der Waals surface area (Å²) in [5.74, 6) is 0.165. The smallest absolute Gasteiger partial charge is 0.170 e. The molecule has 86 valence electrons. The highest BCUT2D eigenvalue weighted by Gasteiger charge is 2.36. The third-order valence-corrected chi connectivity index (χ3v) is 3.11. The van der Waals surface area contributed by atoms with Crippen molar-refractivity contribution >= 4 is 5.84 Å². The van der Waals surface area contributed by atoms with Crippen LogP contribution in [0.25, 0.3) is 0 Å². The van der Waals surface area contributed by atoms with E-state index in [-0.39, 0.29) is 11.4 Å². The number of hydrogen-bond acceptors (Lipinski definition) is 3. The Balaban J connectivity index is 2.13. The molecule has 0 saturated heterocycles. The molecule has 0 radical (unpaired) electrons. The molecule has 4 nitrogen and oxygen atoms in total. The zero-order chi connectivity index (χ0) is 11.6. The first-order valence-corrected chi connectivity index (χ1v) is 5.45. The molecule has 0 heterocycles. The number of oxime groups is 1. The molecule has 1 fully saturated rings. The molecule has 0 aliphatic heterocycles. The molecule has 0 bridgehead atoms. The first-order chi connectivity index (χ1) is 7.64. The largest absolute Gasteiger partial charge is 0.409 e. The maximum absolute atomic E-state index is 8.70. The summed E-state index contributed by atoms with van der Waals surface area (Å²) in [4.78, 5) is 0. The summed E-state index contributed by atoms with van der Waals surface area (Å²) in [7, 11) is 0. The van der Waals surface area contributed by atoms with Gasteiger partial charge < -0.3 is 16.3 Å². The Kier molecular flexibility index (Phi) is 2.83. The monoisotopic (exact) mass is 219 g/mol. The first kappa shape index (κ1) is 11.0. The number of rotatable bonds is 4. The van der Waals surface area contributed by atoms with Gasteiger partial charge in [-0.15, -0.1) is 0 Å². The predicted octanol–water partition coefficient (Wildman–Crippen LogP) is 1.42. The summed E-state index contributed by atoms with van der Waals surface area (Å²) >= 11 is 0. The number of nitrogens with zero attached hydrogens (tertiary/aromatic N) is 1. The molecule has 0 atom stereocenters. The second kappa shape index (κ2) is 4.14. The van der Waals surface area contributed by atoms with Crippen molar-refractivity contribution in [1.82, 2.24) is 5.32 Å². The Morgan fingerprint density at radius 1 is 1.50 bits per heavy atom. The fraction of sp³-hybridized carbons (Fsp3) is 0.417. The van der Waals surface area contributed by atoms with Gasteiger partial charge in [-0.25, -0.2) is 0 Å². The second-order valence-electron chi connectivity index (χ2n) is 4.56. The molecule has 0 unspecified atom stereocenters. The maximum atomic E-state index is 8.70. The van der Waals surface area contributed by atoms with Crippen molar-refractivity contribution < 1.29 is 5.21 Å². The molecule has 4 N–H and O–H groups in total. The minimum absolute atomic E-state index is 0.165. The Labute approximate surface area is 95.1 Å². The molecule has 0 amide bonds. The molecular weight excluding hydrogens is 202 g/mol. The minimum atomic E-state index is 0.165. The summed E-state index contributed by atoms with van der Waals surface area (Å²) in [6, 6.07) is 7.70. The van der Waals surface area contributed by atoms with Gasteiger partial charge in [0.2, 0.25) is 0 Å². The van der Waals surface area contributed by atoms with Gasteiger partial charge in [0.1, 0.15) is 0 Å². The van der Waals surface area contributed by atoms with E-state index in [0.717, 1.165) is 17.7 Å². The van der Waals surface area contributed by atoms with Crippen LogP contribution in [0.2, 0.25) is 0 Å². The molecule has 4 heteroatoms. The number of hydrogen-bond donors (Lipinski definition) is 3. The highest BCUT2D eigenvalue weighted by Crippen LogP contribution is 2.34. The first-order valence-electron chi connectivity index (χ1n) is 5.45. The third-order valence-electron chi connectivity index (χ3n) is 3.11. The van der Waals surface area contributed by atoms with Crippen molar-refractivity contribution in [2.24, 2.45) is 10.9 Å². The van der Waals surface area contributed by atoms with E-state index in [0.29, 0.717) is 0 Å². The fourth-order valence-electron chi connectivity index (χ4n) is 1.65. The normalized spacial score (nSPS) is 18.4. The van der Waals surface area contributed by atoms with Crippen LogP contribution in [-0.4, -0.2) is 16.6 Å². The van der Waals surface area contributed by atoms with E-state index in [2.05, 4.69) is 17.4 Å². The summed E-state index contributed by atoms with van der Waals surface area (Å²) < 4.78 is 0. The van der Waals surface area contributed by atoms with Gasteiger partial charge in [0.05, 0.1) is 0 Å². The Hall–Kier alpha value is -1.55. The molecule has 16 heavy (non-hydrogen) atoms. The zero-order valence-electron chi connectivity index (χ0n) is 9.40. The summed E-state index contributed by atoms with van der Waals surface area (Å²) in [6.45, 7) is 2.96. The summed E-state index contributed by atoms with van der Waals surface area (Å²) in [5, 5.41) is 15.2. The van der Waals surface area contributed by atoms with Crippen LogP contribution in [0.1, 0.15) is 30.9 Å². The SMILES string of the molecule is CC1(NCc2ccccc2/C(N)=N/O)CC1. The number of nitrogens with two attached hydrogens (primary N) is 1. The van der Waals surface area contributed by atoms with Gasteiger partial charge in [-0.05, 0) is 25.3 Å². The maximum Gasteiger partial charge on any atom is 0.170 e. The molecule has 1 saturated carbocycles. The number of amidine groups is 1. The summed E-state index contributed by atoms with van der Waals surface area (Å²) in [6.07, 6.45) is 2.44.